The van der Waals surface area contributed by atoms with Gasteiger partial charge in [-0.2, -0.15) is 0 Å². The van der Waals surface area contributed by atoms with Crippen molar-refractivity contribution < 1.29 is 33.3 Å². The Labute approximate surface area is 231 Å². The van der Waals surface area contributed by atoms with Gasteiger partial charge in [0, 0.05) is 29.3 Å². The molecule has 2 aliphatic rings. The van der Waals surface area contributed by atoms with Gasteiger partial charge in [-0.15, -0.1) is 0 Å². The summed E-state index contributed by atoms with van der Waals surface area (Å²) in [5.74, 6) is 1.07. The molecule has 2 unspecified atom stereocenters. The number of hydrogen-bond acceptors (Lipinski definition) is 8. The Morgan fingerprint density at radius 3 is 2.26 bits per heavy atom. The molecule has 0 saturated carbocycles. The Bertz CT molecular complexity index is 1330. The van der Waals surface area contributed by atoms with Crippen LogP contribution in [0.4, 0.5) is 0 Å². The van der Waals surface area contributed by atoms with Gasteiger partial charge in [-0.05, 0) is 77.5 Å². The topological polar surface area (TPSA) is 92.3 Å². The molecule has 9 heteroatoms. The van der Waals surface area contributed by atoms with Crippen LogP contribution in [-0.4, -0.2) is 46.8 Å². The number of nitrogens with one attached hydrogen (secondary N) is 1. The molecule has 2 aromatic rings. The van der Waals surface area contributed by atoms with Gasteiger partial charge in [0.05, 0.1) is 45.1 Å². The molecule has 0 spiro atoms. The molecule has 202 valence electrons. The number of ketones is 1. The number of methoxy groups -OCH3 is 4. The van der Waals surface area contributed by atoms with Gasteiger partial charge in [0.2, 0.25) is 0 Å². The second-order valence-corrected chi connectivity index (χ2v) is 9.94. The fourth-order valence-electron chi connectivity index (χ4n) is 5.30. The lowest BCUT2D eigenvalue weighted by molar-refractivity contribution is -0.138. The van der Waals surface area contributed by atoms with Crippen molar-refractivity contribution in [1.29, 1.82) is 0 Å². The zero-order valence-electron chi connectivity index (χ0n) is 22.4. The van der Waals surface area contributed by atoms with Crippen LogP contribution in [0.25, 0.3) is 0 Å². The van der Waals surface area contributed by atoms with Crippen LogP contribution in [0.15, 0.2) is 57.3 Å². The molecule has 1 aliphatic carbocycles. The number of benzene rings is 2. The number of dihydropyridines is 1. The summed E-state index contributed by atoms with van der Waals surface area (Å²) in [7, 11) is 6.29. The van der Waals surface area contributed by atoms with Gasteiger partial charge in [0.15, 0.2) is 28.8 Å². The first-order chi connectivity index (χ1) is 18.3. The maximum Gasteiger partial charge on any atom is 0.336 e. The lowest BCUT2D eigenvalue weighted by Crippen LogP contribution is -2.36. The van der Waals surface area contributed by atoms with Crippen molar-refractivity contribution in [2.24, 2.45) is 0 Å². The molecule has 1 heterocycles. The van der Waals surface area contributed by atoms with E-state index in [4.69, 9.17) is 23.7 Å². The fraction of sp³-hybridized carbons (Fsp3) is 0.379. The van der Waals surface area contributed by atoms with Crippen molar-refractivity contribution >= 4 is 27.7 Å². The Morgan fingerprint density at radius 2 is 1.63 bits per heavy atom. The maximum atomic E-state index is 13.9. The van der Waals surface area contributed by atoms with Gasteiger partial charge in [-0.3, -0.25) is 4.79 Å². The summed E-state index contributed by atoms with van der Waals surface area (Å²) < 4.78 is 28.0. The van der Waals surface area contributed by atoms with E-state index in [0.29, 0.717) is 50.7 Å². The number of ether oxygens (including phenoxy) is 5. The summed E-state index contributed by atoms with van der Waals surface area (Å²) >= 11 is 3.56. The highest BCUT2D eigenvalue weighted by Gasteiger charge is 2.42. The Balaban J connectivity index is 1.84. The van der Waals surface area contributed by atoms with Crippen LogP contribution in [0.5, 0.6) is 23.0 Å². The quantitative estimate of drug-likeness (QED) is 0.411. The summed E-state index contributed by atoms with van der Waals surface area (Å²) in [6.07, 6.45) is 0.880. The van der Waals surface area contributed by atoms with Gasteiger partial charge < -0.3 is 29.0 Å². The highest BCUT2D eigenvalue weighted by Crippen LogP contribution is 2.49. The second-order valence-electron chi connectivity index (χ2n) is 9.09. The maximum absolute atomic E-state index is 13.9. The van der Waals surface area contributed by atoms with E-state index < -0.39 is 11.9 Å². The van der Waals surface area contributed by atoms with E-state index in [1.807, 2.05) is 37.3 Å². The zero-order valence-corrected chi connectivity index (χ0v) is 24.0. The number of carbonyl (C=O) groups excluding carboxylic acids is 2. The van der Waals surface area contributed by atoms with E-state index in [-0.39, 0.29) is 24.7 Å². The summed E-state index contributed by atoms with van der Waals surface area (Å²) in [5, 5.41) is 3.37. The van der Waals surface area contributed by atoms with Crippen LogP contribution in [-0.2, 0) is 14.3 Å². The van der Waals surface area contributed by atoms with Crippen LogP contribution in [0.3, 0.4) is 0 Å². The molecule has 0 aromatic heterocycles. The summed E-state index contributed by atoms with van der Waals surface area (Å²) in [4.78, 5) is 27.1. The lowest BCUT2D eigenvalue weighted by Gasteiger charge is -2.37. The molecule has 0 radical (unpaired) electrons. The Kier molecular flexibility index (Phi) is 8.35. The van der Waals surface area contributed by atoms with Gasteiger partial charge in [-0.1, -0.05) is 6.07 Å². The molecule has 8 nitrogen and oxygen atoms in total. The number of carbonyl (C=O) groups is 2. The normalized spacial score (nSPS) is 19.0. The summed E-state index contributed by atoms with van der Waals surface area (Å²) in [6, 6.07) is 9.40. The highest BCUT2D eigenvalue weighted by atomic mass is 79.9. The second kappa shape index (κ2) is 11.5. The van der Waals surface area contributed by atoms with E-state index in [9.17, 15) is 9.59 Å². The van der Waals surface area contributed by atoms with E-state index >= 15 is 0 Å². The third-order valence-electron chi connectivity index (χ3n) is 6.99. The molecule has 1 N–H and O–H groups in total. The van der Waals surface area contributed by atoms with Crippen molar-refractivity contribution in [3.8, 4) is 23.0 Å². The van der Waals surface area contributed by atoms with Gasteiger partial charge >= 0.3 is 5.97 Å². The first-order valence-corrected chi connectivity index (χ1v) is 13.1. The molecule has 38 heavy (non-hydrogen) atoms. The van der Waals surface area contributed by atoms with Crippen LogP contribution in [0.2, 0.25) is 0 Å². The van der Waals surface area contributed by atoms with Crippen molar-refractivity contribution in [1.82, 2.24) is 5.32 Å². The minimum atomic E-state index is -0.625. The number of Topliss-reactive ketones (excluding diaryl/α,β-unsaturated/α-hetero) is 1. The molecular weight excluding hydrogens is 554 g/mol. The molecule has 4 rings (SSSR count). The van der Waals surface area contributed by atoms with E-state index in [0.717, 1.165) is 16.8 Å². The van der Waals surface area contributed by atoms with E-state index in [1.165, 1.54) is 0 Å². The Hall–Kier alpha value is -3.46. The minimum absolute atomic E-state index is 0.0382. The average molecular weight is 586 g/mol. The zero-order chi connectivity index (χ0) is 27.6. The number of hydrogen-bond donors (Lipinski definition) is 1. The Morgan fingerprint density at radius 1 is 0.947 bits per heavy atom. The molecular formula is C29H32BrNO7. The van der Waals surface area contributed by atoms with Crippen molar-refractivity contribution in [2.75, 3.05) is 35.0 Å². The third kappa shape index (κ3) is 4.99. The minimum Gasteiger partial charge on any atom is -0.493 e. The SMILES string of the molecule is CCOC(=O)C1=C(C)NC2=C(C(=O)CC(c3ccc(OC)c(OC)c3)C2)C1c1cc(Br)c(OC)c(OC)c1. The number of allylic oxidation sites excluding steroid dienone is 3. The fourth-order valence-corrected chi connectivity index (χ4v) is 5.92. The largest absolute Gasteiger partial charge is 0.493 e. The van der Waals surface area contributed by atoms with Crippen molar-refractivity contribution in [3.63, 3.8) is 0 Å². The molecule has 2 aromatic carbocycles. The highest BCUT2D eigenvalue weighted by molar-refractivity contribution is 9.10. The first-order valence-electron chi connectivity index (χ1n) is 12.3. The van der Waals surface area contributed by atoms with Gasteiger partial charge in [0.1, 0.15) is 0 Å². The third-order valence-corrected chi connectivity index (χ3v) is 7.58. The molecule has 2 atom stereocenters. The standard InChI is InChI=1S/C29H32BrNO7/c1-7-38-29(33)25-15(2)31-20-11-17(16-8-9-22(34-3)23(13-16)35-4)12-21(32)27(20)26(25)18-10-19(30)28(37-6)24(14-18)36-5/h8-10,13-14,17,26,31H,7,11-12H2,1-6H3. The number of rotatable bonds is 8. The summed E-state index contributed by atoms with van der Waals surface area (Å²) in [6.45, 7) is 3.82. The van der Waals surface area contributed by atoms with Crippen LogP contribution in [0.1, 0.15) is 49.7 Å². The molecule has 0 fully saturated rings. The first kappa shape index (κ1) is 27.6. The van der Waals surface area contributed by atoms with Crippen LogP contribution >= 0.6 is 15.9 Å². The predicted molar refractivity (Wildman–Crippen MR) is 146 cm³/mol. The van der Waals surface area contributed by atoms with E-state index in [2.05, 4.69) is 21.2 Å². The molecule has 0 amide bonds. The monoisotopic (exact) mass is 585 g/mol. The lowest BCUT2D eigenvalue weighted by atomic mass is 9.71. The van der Waals surface area contributed by atoms with Crippen molar-refractivity contribution in [3.05, 3.63) is 68.5 Å². The summed E-state index contributed by atoms with van der Waals surface area (Å²) in [5.41, 5.74) is 4.12. The molecule has 1 aliphatic heterocycles. The average Bonchev–Trinajstić information content (AvgIpc) is 2.91. The predicted octanol–water partition coefficient (Wildman–Crippen LogP) is 5.41. The van der Waals surface area contributed by atoms with Crippen LogP contribution < -0.4 is 24.3 Å². The van der Waals surface area contributed by atoms with Crippen LogP contribution in [0, 0.1) is 0 Å². The molecule has 0 saturated heterocycles. The smallest absolute Gasteiger partial charge is 0.336 e. The molecule has 0 bridgehead atoms. The van der Waals surface area contributed by atoms with Crippen molar-refractivity contribution in [2.45, 2.75) is 38.5 Å². The van der Waals surface area contributed by atoms with E-state index in [1.54, 1.807) is 35.4 Å². The van der Waals surface area contributed by atoms with Gasteiger partial charge in [0.25, 0.3) is 0 Å². The number of halogens is 1. The van der Waals surface area contributed by atoms with Gasteiger partial charge in [-0.25, -0.2) is 4.79 Å². The number of esters is 1.